The lowest BCUT2D eigenvalue weighted by Crippen LogP contribution is -2.49. The summed E-state index contributed by atoms with van der Waals surface area (Å²) in [6.45, 7) is 6.76. The molecule has 6 heteroatoms. The topological polar surface area (TPSA) is 72.9 Å². The number of nitrogens with zero attached hydrogens (tertiary/aromatic N) is 2. The summed E-state index contributed by atoms with van der Waals surface area (Å²) in [5.74, 6) is 0.202. The zero-order chi connectivity index (χ0) is 13.8. The van der Waals surface area contributed by atoms with Gasteiger partial charge in [-0.2, -0.15) is 0 Å². The van der Waals surface area contributed by atoms with Gasteiger partial charge in [-0.05, 0) is 18.9 Å². The van der Waals surface area contributed by atoms with E-state index in [4.69, 9.17) is 5.11 Å². The lowest BCUT2D eigenvalue weighted by molar-refractivity contribution is -0.134. The number of rotatable bonds is 5. The summed E-state index contributed by atoms with van der Waals surface area (Å²) >= 11 is 0. The van der Waals surface area contributed by atoms with Gasteiger partial charge in [0.2, 0.25) is 11.8 Å². The second-order valence-corrected chi connectivity index (χ2v) is 5.32. The van der Waals surface area contributed by atoms with Crippen molar-refractivity contribution in [1.29, 1.82) is 0 Å². The number of hydrogen-bond acceptors (Lipinski definition) is 4. The summed E-state index contributed by atoms with van der Waals surface area (Å²) in [6, 6.07) is 0. The van der Waals surface area contributed by atoms with Crippen molar-refractivity contribution in [3.63, 3.8) is 0 Å². The molecule has 0 spiro atoms. The molecule has 1 aliphatic heterocycles. The van der Waals surface area contributed by atoms with E-state index >= 15 is 0 Å². The Bertz CT molecular complexity index is 340. The third kappa shape index (κ3) is 3.67. The summed E-state index contributed by atoms with van der Waals surface area (Å²) in [7, 11) is 0. The van der Waals surface area contributed by atoms with Gasteiger partial charge >= 0.3 is 0 Å². The lowest BCUT2D eigenvalue weighted by atomic mass is 10.2. The highest BCUT2D eigenvalue weighted by molar-refractivity contribution is 5.82. The Morgan fingerprint density at radius 1 is 1.26 bits per heavy atom. The fourth-order valence-electron chi connectivity index (χ4n) is 2.60. The van der Waals surface area contributed by atoms with Crippen LogP contribution in [0.25, 0.3) is 0 Å². The van der Waals surface area contributed by atoms with Crippen molar-refractivity contribution in [1.82, 2.24) is 15.1 Å². The van der Waals surface area contributed by atoms with Crippen molar-refractivity contribution in [2.24, 2.45) is 11.8 Å². The van der Waals surface area contributed by atoms with Crippen LogP contribution in [-0.4, -0.2) is 72.6 Å². The lowest BCUT2D eigenvalue weighted by Gasteiger charge is -2.34. The van der Waals surface area contributed by atoms with Crippen LogP contribution in [0.3, 0.4) is 0 Å². The molecule has 1 aliphatic carbocycles. The number of nitrogens with one attached hydrogen (secondary N) is 1. The van der Waals surface area contributed by atoms with Gasteiger partial charge in [-0.1, -0.05) is 6.92 Å². The van der Waals surface area contributed by atoms with Gasteiger partial charge in [0, 0.05) is 38.6 Å². The van der Waals surface area contributed by atoms with E-state index in [1.165, 1.54) is 0 Å². The number of likely N-dealkylation sites (N-methyl/N-ethyl adjacent to an activating group) is 1. The van der Waals surface area contributed by atoms with Crippen molar-refractivity contribution in [2.75, 3.05) is 45.9 Å². The number of amides is 2. The average molecular weight is 269 g/mol. The molecule has 0 aromatic rings. The van der Waals surface area contributed by atoms with Crippen LogP contribution in [0.4, 0.5) is 0 Å². The third-order valence-electron chi connectivity index (χ3n) is 4.08. The Morgan fingerprint density at radius 2 is 1.95 bits per heavy atom. The maximum Gasteiger partial charge on any atom is 0.245 e. The molecule has 1 heterocycles. The highest BCUT2D eigenvalue weighted by atomic mass is 16.3. The summed E-state index contributed by atoms with van der Waals surface area (Å²) in [5, 5.41) is 11.2. The summed E-state index contributed by atoms with van der Waals surface area (Å²) in [5.41, 5.74) is 0. The van der Waals surface area contributed by atoms with Crippen molar-refractivity contribution < 1.29 is 14.7 Å². The Balaban J connectivity index is 1.69. The molecule has 2 amide bonds. The Labute approximate surface area is 113 Å². The van der Waals surface area contributed by atoms with E-state index < -0.39 is 6.61 Å². The molecule has 2 rings (SSSR count). The average Bonchev–Trinajstić information content (AvgIpc) is 3.23. The number of piperazine rings is 1. The van der Waals surface area contributed by atoms with E-state index in [2.05, 4.69) is 17.1 Å². The molecule has 2 unspecified atom stereocenters. The van der Waals surface area contributed by atoms with Crippen LogP contribution in [0.15, 0.2) is 0 Å². The van der Waals surface area contributed by atoms with Gasteiger partial charge in [0.25, 0.3) is 0 Å². The molecule has 0 aromatic carbocycles. The van der Waals surface area contributed by atoms with Gasteiger partial charge < -0.3 is 20.2 Å². The van der Waals surface area contributed by atoms with Gasteiger partial charge in [-0.25, -0.2) is 0 Å². The molecular formula is C13H23N3O3. The molecule has 2 aliphatic rings. The van der Waals surface area contributed by atoms with Crippen LogP contribution >= 0.6 is 0 Å². The number of carbonyl (C=O) groups is 2. The summed E-state index contributed by atoms with van der Waals surface area (Å²) in [4.78, 5) is 27.4. The zero-order valence-corrected chi connectivity index (χ0v) is 11.5. The van der Waals surface area contributed by atoms with Crippen molar-refractivity contribution in [2.45, 2.75) is 13.3 Å². The molecule has 1 saturated carbocycles. The number of hydrogen-bond donors (Lipinski definition) is 2. The monoisotopic (exact) mass is 269 g/mol. The van der Waals surface area contributed by atoms with Crippen LogP contribution in [0.2, 0.25) is 0 Å². The van der Waals surface area contributed by atoms with Gasteiger partial charge in [-0.3, -0.25) is 9.59 Å². The second-order valence-electron chi connectivity index (χ2n) is 5.32. The fourth-order valence-corrected chi connectivity index (χ4v) is 2.60. The van der Waals surface area contributed by atoms with Crippen LogP contribution in [0, 0.1) is 11.8 Å². The van der Waals surface area contributed by atoms with Crippen LogP contribution in [-0.2, 0) is 9.59 Å². The first-order valence-electron chi connectivity index (χ1n) is 7.04. The van der Waals surface area contributed by atoms with Crippen LogP contribution in [0.1, 0.15) is 13.3 Å². The first-order valence-corrected chi connectivity index (χ1v) is 7.04. The van der Waals surface area contributed by atoms with E-state index in [0.717, 1.165) is 39.1 Å². The van der Waals surface area contributed by atoms with E-state index in [1.54, 1.807) is 0 Å². The predicted octanol–water partition coefficient (Wildman–Crippen LogP) is -1.10. The largest absolute Gasteiger partial charge is 0.387 e. The normalized spacial score (nSPS) is 27.2. The van der Waals surface area contributed by atoms with Crippen molar-refractivity contribution >= 4 is 11.8 Å². The van der Waals surface area contributed by atoms with Crippen molar-refractivity contribution in [3.8, 4) is 0 Å². The molecule has 0 aromatic heterocycles. The minimum absolute atomic E-state index is 0.0761. The van der Waals surface area contributed by atoms with E-state index in [1.807, 2.05) is 4.90 Å². The van der Waals surface area contributed by atoms with Crippen molar-refractivity contribution in [3.05, 3.63) is 0 Å². The number of aliphatic hydroxyl groups excluding tert-OH is 1. The molecule has 108 valence electrons. The number of aliphatic hydroxyl groups is 1. The predicted molar refractivity (Wildman–Crippen MR) is 70.4 cm³/mol. The number of carbonyl (C=O) groups excluding carboxylic acids is 2. The molecule has 1 saturated heterocycles. The minimum atomic E-state index is -0.482. The van der Waals surface area contributed by atoms with Gasteiger partial charge in [0.05, 0.1) is 0 Å². The molecule has 0 radical (unpaired) electrons. The standard InChI is InChI=1S/C13H23N3O3/c1-2-15-3-5-16(6-4-15)13(19)11-7-10(11)8-14-12(18)9-17/h10-11,17H,2-9H2,1H3,(H,14,18). The molecule has 0 bridgehead atoms. The van der Waals surface area contributed by atoms with Gasteiger partial charge in [0.15, 0.2) is 0 Å². The van der Waals surface area contributed by atoms with Gasteiger partial charge in [0.1, 0.15) is 6.61 Å². The molecular weight excluding hydrogens is 246 g/mol. The molecule has 6 nitrogen and oxygen atoms in total. The van der Waals surface area contributed by atoms with Crippen LogP contribution in [0.5, 0.6) is 0 Å². The maximum absolute atomic E-state index is 12.2. The molecule has 2 N–H and O–H groups in total. The van der Waals surface area contributed by atoms with Gasteiger partial charge in [-0.15, -0.1) is 0 Å². The van der Waals surface area contributed by atoms with E-state index in [0.29, 0.717) is 6.54 Å². The SMILES string of the molecule is CCN1CCN(C(=O)C2CC2CNC(=O)CO)CC1. The molecule has 2 atom stereocenters. The molecule has 2 fully saturated rings. The third-order valence-corrected chi connectivity index (χ3v) is 4.08. The second kappa shape index (κ2) is 6.34. The highest BCUT2D eigenvalue weighted by Crippen LogP contribution is 2.39. The summed E-state index contributed by atoms with van der Waals surface area (Å²) in [6.07, 6.45) is 0.860. The molecule has 19 heavy (non-hydrogen) atoms. The quantitative estimate of drug-likeness (QED) is 0.664. The van der Waals surface area contributed by atoms with E-state index in [-0.39, 0.29) is 23.7 Å². The first kappa shape index (κ1) is 14.3. The maximum atomic E-state index is 12.2. The zero-order valence-electron chi connectivity index (χ0n) is 11.5. The van der Waals surface area contributed by atoms with E-state index in [9.17, 15) is 9.59 Å². The highest BCUT2D eigenvalue weighted by Gasteiger charge is 2.45. The fraction of sp³-hybridized carbons (Fsp3) is 0.846. The minimum Gasteiger partial charge on any atom is -0.387 e. The Hall–Kier alpha value is -1.14. The van der Waals surface area contributed by atoms with Crippen LogP contribution < -0.4 is 5.32 Å². The smallest absolute Gasteiger partial charge is 0.245 e. The Kier molecular flexibility index (Phi) is 4.76. The first-order chi connectivity index (χ1) is 9.15. The summed E-state index contributed by atoms with van der Waals surface area (Å²) < 4.78 is 0. The Morgan fingerprint density at radius 3 is 2.53 bits per heavy atom.